The van der Waals surface area contributed by atoms with Gasteiger partial charge in [-0.1, -0.05) is 25.1 Å². The van der Waals surface area contributed by atoms with Crippen molar-refractivity contribution in [3.8, 4) is 5.75 Å². The summed E-state index contributed by atoms with van der Waals surface area (Å²) in [7, 11) is 2.81. The molecule has 2 aliphatic rings. The Bertz CT molecular complexity index is 994. The van der Waals surface area contributed by atoms with E-state index in [-0.39, 0.29) is 24.9 Å². The Morgan fingerprint density at radius 3 is 2.55 bits per heavy atom. The molecule has 178 valence electrons. The van der Waals surface area contributed by atoms with Crippen molar-refractivity contribution < 1.29 is 33.3 Å². The second-order valence-corrected chi connectivity index (χ2v) is 8.11. The van der Waals surface area contributed by atoms with Crippen LogP contribution in [0.2, 0.25) is 0 Å². The predicted molar refractivity (Wildman–Crippen MR) is 120 cm³/mol. The van der Waals surface area contributed by atoms with E-state index in [0.29, 0.717) is 46.9 Å². The molecule has 0 spiro atoms. The molecule has 8 nitrogen and oxygen atoms in total. The Hall–Kier alpha value is -3.13. The highest BCUT2D eigenvalue weighted by Crippen LogP contribution is 2.47. The van der Waals surface area contributed by atoms with Crippen LogP contribution >= 0.6 is 0 Å². The number of carbonyl (C=O) groups is 3. The number of allylic oxidation sites excluding steroid dienone is 3. The number of esters is 2. The van der Waals surface area contributed by atoms with E-state index in [1.54, 1.807) is 13.0 Å². The molecule has 1 N–H and O–H groups in total. The van der Waals surface area contributed by atoms with Crippen LogP contribution < -0.4 is 10.1 Å². The van der Waals surface area contributed by atoms with E-state index in [1.807, 2.05) is 32.0 Å². The molecule has 0 bridgehead atoms. The van der Waals surface area contributed by atoms with Crippen molar-refractivity contribution in [2.45, 2.75) is 33.1 Å². The van der Waals surface area contributed by atoms with Crippen LogP contribution in [-0.2, 0) is 28.6 Å². The normalized spacial score (nSPS) is 22.5. The molecule has 1 aliphatic carbocycles. The number of Topliss-reactive ketones (excluding diaryl/α,β-unsaturated/α-hetero) is 1. The number of hydrogen-bond donors (Lipinski definition) is 1. The number of dihydropyridines is 1. The van der Waals surface area contributed by atoms with Gasteiger partial charge in [0.05, 0.1) is 32.3 Å². The highest BCUT2D eigenvalue weighted by Gasteiger charge is 2.47. The van der Waals surface area contributed by atoms with Gasteiger partial charge in [-0.25, -0.2) is 4.79 Å². The van der Waals surface area contributed by atoms with Gasteiger partial charge in [-0.15, -0.1) is 0 Å². The Morgan fingerprint density at radius 1 is 1.15 bits per heavy atom. The molecule has 0 unspecified atom stereocenters. The van der Waals surface area contributed by atoms with Gasteiger partial charge in [-0.2, -0.15) is 0 Å². The van der Waals surface area contributed by atoms with Gasteiger partial charge in [0.25, 0.3) is 0 Å². The lowest BCUT2D eigenvalue weighted by Crippen LogP contribution is -2.43. The standard InChI is InChI=1S/C25H31NO7/c1-6-32-11-12-33-25(29)20-15(3)26-17-13-14(2)19(24(28)31-5)23(27)22(17)21(20)16-9-7-8-10-18(16)30-4/h7-10,14,19,21,26H,6,11-13H2,1-5H3/t14-,19-,21+/m0/s1. The second kappa shape index (κ2) is 10.7. The molecule has 1 aliphatic heterocycles. The monoisotopic (exact) mass is 457 g/mol. The summed E-state index contributed by atoms with van der Waals surface area (Å²) >= 11 is 0. The molecule has 0 amide bonds. The minimum Gasteiger partial charge on any atom is -0.496 e. The zero-order chi connectivity index (χ0) is 24.1. The predicted octanol–water partition coefficient (Wildman–Crippen LogP) is 2.89. The number of ketones is 1. The largest absolute Gasteiger partial charge is 0.496 e. The van der Waals surface area contributed by atoms with Gasteiger partial charge in [-0.3, -0.25) is 9.59 Å². The van der Waals surface area contributed by atoms with Gasteiger partial charge in [0.2, 0.25) is 0 Å². The molecule has 33 heavy (non-hydrogen) atoms. The molecule has 0 aromatic heterocycles. The first kappa shape index (κ1) is 24.5. The van der Waals surface area contributed by atoms with Gasteiger partial charge in [0.1, 0.15) is 18.3 Å². The zero-order valence-electron chi connectivity index (χ0n) is 19.7. The summed E-state index contributed by atoms with van der Waals surface area (Å²) in [5.41, 5.74) is 2.63. The van der Waals surface area contributed by atoms with Crippen molar-refractivity contribution in [3.05, 3.63) is 52.4 Å². The fourth-order valence-electron chi connectivity index (χ4n) is 4.58. The van der Waals surface area contributed by atoms with E-state index >= 15 is 0 Å². The maximum absolute atomic E-state index is 13.7. The second-order valence-electron chi connectivity index (χ2n) is 8.11. The van der Waals surface area contributed by atoms with E-state index in [1.165, 1.54) is 14.2 Å². The minimum atomic E-state index is -0.943. The van der Waals surface area contributed by atoms with Crippen LogP contribution in [0.3, 0.4) is 0 Å². The Balaban J connectivity index is 2.12. The summed E-state index contributed by atoms with van der Waals surface area (Å²) in [5.74, 6) is -2.89. The molecule has 3 rings (SSSR count). The van der Waals surface area contributed by atoms with Crippen molar-refractivity contribution >= 4 is 17.7 Å². The molecule has 1 aromatic carbocycles. The molecule has 0 radical (unpaired) electrons. The van der Waals surface area contributed by atoms with Crippen molar-refractivity contribution in [2.24, 2.45) is 11.8 Å². The highest BCUT2D eigenvalue weighted by atomic mass is 16.6. The Labute approximate surface area is 193 Å². The fourth-order valence-corrected chi connectivity index (χ4v) is 4.58. The summed E-state index contributed by atoms with van der Waals surface area (Å²) in [4.78, 5) is 39.4. The minimum absolute atomic E-state index is 0.0871. The summed E-state index contributed by atoms with van der Waals surface area (Å²) in [6, 6.07) is 7.23. The molecular weight excluding hydrogens is 426 g/mol. The first-order chi connectivity index (χ1) is 15.8. The van der Waals surface area contributed by atoms with Gasteiger partial charge >= 0.3 is 11.9 Å². The van der Waals surface area contributed by atoms with Crippen LogP contribution in [0.25, 0.3) is 0 Å². The van der Waals surface area contributed by atoms with Crippen LogP contribution in [0.15, 0.2) is 46.8 Å². The van der Waals surface area contributed by atoms with Crippen molar-refractivity contribution in [2.75, 3.05) is 34.0 Å². The number of carbonyl (C=O) groups excluding carboxylic acids is 3. The Kier molecular flexibility index (Phi) is 7.92. The molecule has 0 saturated carbocycles. The summed E-state index contributed by atoms with van der Waals surface area (Å²) < 4.78 is 21.2. The number of benzene rings is 1. The topological polar surface area (TPSA) is 100 Å². The van der Waals surface area contributed by atoms with E-state index in [2.05, 4.69) is 5.32 Å². The average molecular weight is 458 g/mol. The fraction of sp³-hybridized carbons (Fsp3) is 0.480. The maximum atomic E-state index is 13.7. The smallest absolute Gasteiger partial charge is 0.336 e. The number of rotatable bonds is 8. The number of ether oxygens (including phenoxy) is 4. The Morgan fingerprint density at radius 2 is 1.88 bits per heavy atom. The van der Waals surface area contributed by atoms with Gasteiger partial charge < -0.3 is 24.3 Å². The SMILES string of the molecule is CCOCCOC(=O)C1=C(C)NC2=C(C(=O)[C@@H](C(=O)OC)[C@@H](C)C2)[C@@H]1c1ccccc1OC. The molecule has 1 aromatic rings. The van der Waals surface area contributed by atoms with Gasteiger partial charge in [-0.05, 0) is 32.3 Å². The number of methoxy groups -OCH3 is 2. The average Bonchev–Trinajstić information content (AvgIpc) is 2.80. The number of nitrogens with one attached hydrogen (secondary N) is 1. The summed E-state index contributed by atoms with van der Waals surface area (Å²) in [5, 5.41) is 3.24. The molecule has 1 heterocycles. The van der Waals surface area contributed by atoms with E-state index in [4.69, 9.17) is 18.9 Å². The van der Waals surface area contributed by atoms with Crippen molar-refractivity contribution in [1.29, 1.82) is 0 Å². The maximum Gasteiger partial charge on any atom is 0.336 e. The molecule has 0 saturated heterocycles. The van der Waals surface area contributed by atoms with E-state index < -0.39 is 23.8 Å². The van der Waals surface area contributed by atoms with Crippen LogP contribution in [0.5, 0.6) is 5.75 Å². The third-order valence-electron chi connectivity index (χ3n) is 6.08. The summed E-state index contributed by atoms with van der Waals surface area (Å²) in [6.07, 6.45) is 0.469. The molecule has 8 heteroatoms. The van der Waals surface area contributed by atoms with Crippen LogP contribution in [0.4, 0.5) is 0 Å². The molecular formula is C25H31NO7. The van der Waals surface area contributed by atoms with Gasteiger partial charge in [0, 0.05) is 29.1 Å². The van der Waals surface area contributed by atoms with Gasteiger partial charge in [0.15, 0.2) is 5.78 Å². The number of hydrogen-bond acceptors (Lipinski definition) is 8. The van der Waals surface area contributed by atoms with Crippen LogP contribution in [0.1, 0.15) is 38.7 Å². The molecule has 0 fully saturated rings. The molecule has 3 atom stereocenters. The van der Waals surface area contributed by atoms with Crippen molar-refractivity contribution in [1.82, 2.24) is 5.32 Å². The third-order valence-corrected chi connectivity index (χ3v) is 6.08. The third kappa shape index (κ3) is 4.80. The lowest BCUT2D eigenvalue weighted by atomic mass is 9.69. The lowest BCUT2D eigenvalue weighted by Gasteiger charge is -2.38. The summed E-state index contributed by atoms with van der Waals surface area (Å²) in [6.45, 7) is 6.37. The highest BCUT2D eigenvalue weighted by molar-refractivity contribution is 6.12. The van der Waals surface area contributed by atoms with E-state index in [9.17, 15) is 14.4 Å². The zero-order valence-corrected chi connectivity index (χ0v) is 19.7. The number of para-hydroxylation sites is 1. The first-order valence-electron chi connectivity index (χ1n) is 11.1. The van der Waals surface area contributed by atoms with Crippen LogP contribution in [-0.4, -0.2) is 51.8 Å². The van der Waals surface area contributed by atoms with Crippen molar-refractivity contribution in [3.63, 3.8) is 0 Å². The van der Waals surface area contributed by atoms with Crippen LogP contribution in [0, 0.1) is 11.8 Å². The lowest BCUT2D eigenvalue weighted by molar-refractivity contribution is -0.151. The van der Waals surface area contributed by atoms with E-state index in [0.717, 1.165) is 0 Å². The quantitative estimate of drug-likeness (QED) is 0.361. The first-order valence-corrected chi connectivity index (χ1v) is 11.1.